The van der Waals surface area contributed by atoms with Gasteiger partial charge in [0.05, 0.1) is 19.7 Å². The first-order chi connectivity index (χ1) is 8.65. The topological polar surface area (TPSA) is 55.8 Å². The molecule has 1 amide bonds. The summed E-state index contributed by atoms with van der Waals surface area (Å²) in [4.78, 5) is 23.9. The highest BCUT2D eigenvalue weighted by Crippen LogP contribution is 2.28. The van der Waals surface area contributed by atoms with Crippen LogP contribution >= 0.6 is 0 Å². The number of hydrogen-bond donors (Lipinski definition) is 0. The van der Waals surface area contributed by atoms with Crippen LogP contribution in [0.25, 0.3) is 0 Å². The van der Waals surface area contributed by atoms with Gasteiger partial charge in [0, 0.05) is 6.08 Å². The molecular weight excluding hydrogens is 253 g/mol. The molecule has 0 saturated carbocycles. The number of alkyl halides is 1. The Morgan fingerprint density at radius 3 is 2.42 bits per heavy atom. The third kappa shape index (κ3) is 4.89. The molecule has 6 heteroatoms. The van der Waals surface area contributed by atoms with E-state index in [0.29, 0.717) is 0 Å². The predicted molar refractivity (Wildman–Crippen MR) is 67.4 cm³/mol. The molecule has 1 saturated heterocycles. The minimum atomic E-state index is -1.68. The normalized spacial score (nSPS) is 18.1. The van der Waals surface area contributed by atoms with E-state index in [4.69, 9.17) is 4.74 Å². The van der Waals surface area contributed by atoms with E-state index in [1.165, 1.54) is 4.90 Å². The number of hydrogen-bond acceptors (Lipinski definition) is 4. The van der Waals surface area contributed by atoms with E-state index in [-0.39, 0.29) is 19.7 Å². The minimum Gasteiger partial charge on any atom is -0.463 e. The maximum absolute atomic E-state index is 14.0. The highest BCUT2D eigenvalue weighted by molar-refractivity contribution is 5.82. The molecule has 0 spiro atoms. The van der Waals surface area contributed by atoms with E-state index >= 15 is 0 Å². The monoisotopic (exact) mass is 273 g/mol. The van der Waals surface area contributed by atoms with Crippen LogP contribution in [0, 0.1) is 0 Å². The van der Waals surface area contributed by atoms with E-state index in [0.717, 1.165) is 12.2 Å². The zero-order chi connectivity index (χ0) is 14.7. The molecule has 0 aromatic carbocycles. The van der Waals surface area contributed by atoms with E-state index in [9.17, 15) is 14.0 Å². The smallest absolute Gasteiger partial charge is 0.410 e. The number of esters is 1. The van der Waals surface area contributed by atoms with Gasteiger partial charge in [-0.1, -0.05) is 0 Å². The summed E-state index contributed by atoms with van der Waals surface area (Å²) in [7, 11) is 0. The number of nitrogens with zero attached hydrogens (tertiary/aromatic N) is 1. The summed E-state index contributed by atoms with van der Waals surface area (Å²) in [5.74, 6) is -0.588. The molecule has 1 aliphatic heterocycles. The molecule has 0 radical (unpaired) electrons. The van der Waals surface area contributed by atoms with Crippen LogP contribution < -0.4 is 0 Å². The van der Waals surface area contributed by atoms with Gasteiger partial charge in [-0.2, -0.15) is 0 Å². The van der Waals surface area contributed by atoms with Gasteiger partial charge in [-0.25, -0.2) is 14.0 Å². The SMILES string of the molecule is CCOC(=O)/C=C/C1(F)CN(C(=O)OC(C)(C)C)C1. The molecule has 0 aromatic heterocycles. The van der Waals surface area contributed by atoms with Crippen LogP contribution in [-0.2, 0) is 14.3 Å². The fourth-order valence-electron chi connectivity index (χ4n) is 1.56. The van der Waals surface area contributed by atoms with Crippen LogP contribution in [0.15, 0.2) is 12.2 Å². The summed E-state index contributed by atoms with van der Waals surface area (Å²) in [5, 5.41) is 0. The fourth-order valence-corrected chi connectivity index (χ4v) is 1.56. The molecular formula is C13H20FNO4. The Bertz CT molecular complexity index is 381. The lowest BCUT2D eigenvalue weighted by atomic mass is 9.96. The summed E-state index contributed by atoms with van der Waals surface area (Å²) < 4.78 is 23.8. The summed E-state index contributed by atoms with van der Waals surface area (Å²) in [5.41, 5.74) is -2.28. The average Bonchev–Trinajstić information content (AvgIpc) is 2.20. The molecule has 0 bridgehead atoms. The van der Waals surface area contributed by atoms with Crippen molar-refractivity contribution in [3.05, 3.63) is 12.2 Å². The number of amides is 1. The second-order valence-corrected chi connectivity index (χ2v) is 5.46. The molecule has 0 atom stereocenters. The third-order valence-electron chi connectivity index (χ3n) is 2.36. The summed E-state index contributed by atoms with van der Waals surface area (Å²) >= 11 is 0. The maximum atomic E-state index is 14.0. The van der Waals surface area contributed by atoms with Crippen LogP contribution in [0.5, 0.6) is 0 Å². The molecule has 5 nitrogen and oxygen atoms in total. The quantitative estimate of drug-likeness (QED) is 0.583. The Labute approximate surface area is 112 Å². The predicted octanol–water partition coefficient (Wildman–Crippen LogP) is 2.06. The molecule has 1 fully saturated rings. The van der Waals surface area contributed by atoms with Gasteiger partial charge < -0.3 is 14.4 Å². The van der Waals surface area contributed by atoms with Gasteiger partial charge in [-0.3, -0.25) is 0 Å². The molecule has 1 aliphatic rings. The number of ether oxygens (including phenoxy) is 2. The van der Waals surface area contributed by atoms with Gasteiger partial charge in [0.2, 0.25) is 0 Å². The highest BCUT2D eigenvalue weighted by atomic mass is 19.1. The Morgan fingerprint density at radius 1 is 1.37 bits per heavy atom. The lowest BCUT2D eigenvalue weighted by Crippen LogP contribution is -2.60. The number of carbonyl (C=O) groups is 2. The second kappa shape index (κ2) is 5.59. The Balaban J connectivity index is 2.43. The standard InChI is InChI=1S/C13H20FNO4/c1-5-18-10(16)6-7-13(14)8-15(9-13)11(17)19-12(2,3)4/h6-7H,5,8-9H2,1-4H3/b7-6+. The lowest BCUT2D eigenvalue weighted by Gasteiger charge is -2.42. The van der Waals surface area contributed by atoms with Gasteiger partial charge in [0.1, 0.15) is 5.60 Å². The van der Waals surface area contributed by atoms with Crippen LogP contribution in [0.2, 0.25) is 0 Å². The van der Waals surface area contributed by atoms with Crippen molar-refractivity contribution < 1.29 is 23.5 Å². The molecule has 0 N–H and O–H groups in total. The minimum absolute atomic E-state index is 0.113. The van der Waals surface area contributed by atoms with Crippen molar-refractivity contribution in [3.8, 4) is 0 Å². The van der Waals surface area contributed by atoms with Crippen molar-refractivity contribution in [2.75, 3.05) is 19.7 Å². The average molecular weight is 273 g/mol. The second-order valence-electron chi connectivity index (χ2n) is 5.46. The van der Waals surface area contributed by atoms with Gasteiger partial charge in [-0.05, 0) is 33.8 Å². The van der Waals surface area contributed by atoms with Crippen LogP contribution in [0.3, 0.4) is 0 Å². The lowest BCUT2D eigenvalue weighted by molar-refractivity contribution is -0.137. The van der Waals surface area contributed by atoms with Gasteiger partial charge in [0.25, 0.3) is 0 Å². The first-order valence-corrected chi connectivity index (χ1v) is 6.18. The van der Waals surface area contributed by atoms with Gasteiger partial charge in [0.15, 0.2) is 5.67 Å². The van der Waals surface area contributed by atoms with Gasteiger partial charge >= 0.3 is 12.1 Å². The van der Waals surface area contributed by atoms with E-state index in [2.05, 4.69) is 4.74 Å². The van der Waals surface area contributed by atoms with E-state index in [1.807, 2.05) is 0 Å². The fraction of sp³-hybridized carbons (Fsp3) is 0.692. The van der Waals surface area contributed by atoms with Crippen LogP contribution in [0.1, 0.15) is 27.7 Å². The molecule has 19 heavy (non-hydrogen) atoms. The van der Waals surface area contributed by atoms with Crippen molar-refractivity contribution in [2.24, 2.45) is 0 Å². The number of halogens is 1. The molecule has 0 unspecified atom stereocenters. The molecule has 1 rings (SSSR count). The van der Waals surface area contributed by atoms with Gasteiger partial charge in [-0.15, -0.1) is 0 Å². The maximum Gasteiger partial charge on any atom is 0.410 e. The van der Waals surface area contributed by atoms with Crippen molar-refractivity contribution in [3.63, 3.8) is 0 Å². The molecule has 1 heterocycles. The number of likely N-dealkylation sites (tertiary alicyclic amines) is 1. The molecule has 108 valence electrons. The van der Waals surface area contributed by atoms with Crippen molar-refractivity contribution in [1.82, 2.24) is 4.90 Å². The number of carbonyl (C=O) groups excluding carboxylic acids is 2. The molecule has 0 aromatic rings. The summed E-state index contributed by atoms with van der Waals surface area (Å²) in [6, 6.07) is 0. The highest BCUT2D eigenvalue weighted by Gasteiger charge is 2.45. The first kappa shape index (κ1) is 15.5. The van der Waals surface area contributed by atoms with E-state index < -0.39 is 23.3 Å². The van der Waals surface area contributed by atoms with Crippen molar-refractivity contribution in [1.29, 1.82) is 0 Å². The Hall–Kier alpha value is -1.59. The Morgan fingerprint density at radius 2 is 1.95 bits per heavy atom. The van der Waals surface area contributed by atoms with Crippen LogP contribution in [0.4, 0.5) is 9.18 Å². The Kier molecular flexibility index (Phi) is 4.55. The summed E-state index contributed by atoms with van der Waals surface area (Å²) in [6.07, 6.45) is 1.63. The van der Waals surface area contributed by atoms with Crippen molar-refractivity contribution in [2.45, 2.75) is 39.0 Å². The number of rotatable bonds is 3. The largest absolute Gasteiger partial charge is 0.463 e. The summed E-state index contributed by atoms with van der Waals surface area (Å²) in [6.45, 7) is 6.92. The van der Waals surface area contributed by atoms with E-state index in [1.54, 1.807) is 27.7 Å². The zero-order valence-electron chi connectivity index (χ0n) is 11.7. The van der Waals surface area contributed by atoms with Crippen LogP contribution in [-0.4, -0.2) is 47.9 Å². The third-order valence-corrected chi connectivity index (χ3v) is 2.36. The first-order valence-electron chi connectivity index (χ1n) is 6.18. The zero-order valence-corrected chi connectivity index (χ0v) is 11.7. The molecule has 0 aliphatic carbocycles. The van der Waals surface area contributed by atoms with Crippen molar-refractivity contribution >= 4 is 12.1 Å².